The molecule has 0 fully saturated rings. The second kappa shape index (κ2) is 10.3. The van der Waals surface area contributed by atoms with Gasteiger partial charge in [-0.15, -0.1) is 3.89 Å². The fraction of sp³-hybridized carbons (Fsp3) is 0.600. The maximum Gasteiger partial charge on any atom is 0.337 e. The zero-order valence-electron chi connectivity index (χ0n) is 12.0. The van der Waals surface area contributed by atoms with E-state index >= 15 is 0 Å². The van der Waals surface area contributed by atoms with Crippen molar-refractivity contribution >= 4 is 10.2 Å². The van der Waals surface area contributed by atoms with Crippen molar-refractivity contribution in [2.24, 2.45) is 5.92 Å². The lowest BCUT2D eigenvalue weighted by molar-refractivity contribution is 0.205. The molecule has 0 aliphatic rings. The minimum atomic E-state index is -4.68. The van der Waals surface area contributed by atoms with Crippen LogP contribution in [0.15, 0.2) is 35.3 Å². The van der Waals surface area contributed by atoms with Gasteiger partial charge in [0.05, 0.1) is 0 Å². The van der Waals surface area contributed by atoms with E-state index in [4.69, 9.17) is 4.74 Å². The maximum absolute atomic E-state index is 12.6. The fourth-order valence-electron chi connectivity index (χ4n) is 1.73. The molecule has 0 aromatic carbocycles. The first-order valence-electron chi connectivity index (χ1n) is 6.64. The molecule has 0 aromatic rings. The molecule has 3 nitrogen and oxygen atoms in total. The average molecular weight is 300 g/mol. The molecule has 0 spiro atoms. The number of rotatable bonds is 9. The van der Waals surface area contributed by atoms with Gasteiger partial charge in [-0.2, -0.15) is 8.42 Å². The van der Waals surface area contributed by atoms with Gasteiger partial charge in [-0.05, 0) is 36.6 Å². The molecule has 0 saturated carbocycles. The number of hydrogen-bond acceptors (Lipinski definition) is 3. The van der Waals surface area contributed by atoms with Gasteiger partial charge in [-0.1, -0.05) is 38.8 Å². The van der Waals surface area contributed by atoms with Crippen molar-refractivity contribution in [3.8, 4) is 0 Å². The van der Waals surface area contributed by atoms with Crippen LogP contribution in [0.25, 0.3) is 0 Å². The van der Waals surface area contributed by atoms with Gasteiger partial charge in [0.1, 0.15) is 0 Å². The largest absolute Gasteiger partial charge is 0.470 e. The topological polar surface area (TPSA) is 43.4 Å². The molecule has 0 amide bonds. The number of unbranched alkanes of at least 4 members (excludes halogenated alkanes) is 1. The molecule has 0 saturated heterocycles. The van der Waals surface area contributed by atoms with Crippen molar-refractivity contribution in [1.82, 2.24) is 0 Å². The van der Waals surface area contributed by atoms with Crippen molar-refractivity contribution in [3.05, 3.63) is 35.3 Å². The lowest BCUT2D eigenvalue weighted by atomic mass is 9.95. The zero-order valence-corrected chi connectivity index (χ0v) is 12.9. The third-order valence-corrected chi connectivity index (χ3v) is 3.01. The van der Waals surface area contributed by atoms with E-state index in [1.54, 1.807) is 0 Å². The van der Waals surface area contributed by atoms with E-state index in [0.717, 1.165) is 32.1 Å². The van der Waals surface area contributed by atoms with E-state index in [0.29, 0.717) is 5.76 Å². The Morgan fingerprint density at radius 1 is 1.25 bits per heavy atom. The maximum atomic E-state index is 12.6. The molecule has 0 radical (unpaired) electrons. The van der Waals surface area contributed by atoms with Crippen molar-refractivity contribution in [1.29, 1.82) is 0 Å². The Morgan fingerprint density at radius 3 is 2.45 bits per heavy atom. The summed E-state index contributed by atoms with van der Waals surface area (Å²) in [5, 5.41) is 0. The van der Waals surface area contributed by atoms with Crippen LogP contribution in [-0.2, 0) is 15.0 Å². The third kappa shape index (κ3) is 9.47. The summed E-state index contributed by atoms with van der Waals surface area (Å²) in [6.07, 6.45) is 4.54. The van der Waals surface area contributed by atoms with Crippen LogP contribution in [0.3, 0.4) is 0 Å². The highest BCUT2D eigenvalue weighted by molar-refractivity contribution is 7.86. The van der Waals surface area contributed by atoms with E-state index < -0.39 is 16.2 Å². The Kier molecular flexibility index (Phi) is 9.59. The van der Waals surface area contributed by atoms with Gasteiger partial charge in [0.2, 0.25) is 5.94 Å². The van der Waals surface area contributed by atoms with Crippen molar-refractivity contribution in [2.45, 2.75) is 46.0 Å². The molecule has 0 rings (SSSR count). The molecule has 1 unspecified atom stereocenters. The minimum absolute atomic E-state index is 0.000755. The van der Waals surface area contributed by atoms with Crippen molar-refractivity contribution in [3.63, 3.8) is 0 Å². The van der Waals surface area contributed by atoms with Crippen LogP contribution in [0, 0.1) is 5.92 Å². The monoisotopic (exact) mass is 300 g/mol. The Balaban J connectivity index is 5.30. The molecule has 1 atom stereocenters. The predicted molar refractivity (Wildman–Crippen MR) is 77.1 cm³/mol. The van der Waals surface area contributed by atoms with E-state index in [-0.39, 0.29) is 5.92 Å². The van der Waals surface area contributed by atoms with E-state index in [9.17, 15) is 12.3 Å². The Hall–Kier alpha value is -1.46. The quantitative estimate of drug-likeness (QED) is 0.367. The molecule has 0 aromatic heterocycles. The van der Waals surface area contributed by atoms with Crippen LogP contribution in [0.2, 0.25) is 0 Å². The second-order valence-electron chi connectivity index (χ2n) is 4.34. The van der Waals surface area contributed by atoms with Crippen molar-refractivity contribution < 1.29 is 17.0 Å². The van der Waals surface area contributed by atoms with Gasteiger partial charge in [0.25, 0.3) is 0 Å². The molecule has 112 valence electrons. The van der Waals surface area contributed by atoms with Crippen LogP contribution < -0.4 is 0 Å². The van der Waals surface area contributed by atoms with E-state index in [1.165, 1.54) is 0 Å². The lowest BCUT2D eigenvalue weighted by Gasteiger charge is -2.17. The SMILES string of the molecule is C=C=C=C=C=C(OCS(=O)(=O)F)C(CCC)CCCC. The Bertz CT molecular complexity index is 540. The molecule has 0 aliphatic carbocycles. The molecule has 20 heavy (non-hydrogen) atoms. The fourth-order valence-corrected chi connectivity index (χ4v) is 2.00. The highest BCUT2D eigenvalue weighted by atomic mass is 32.3. The normalized spacial score (nSPS) is 11.6. The highest BCUT2D eigenvalue weighted by Crippen LogP contribution is 2.24. The molecule has 0 aliphatic heterocycles. The van der Waals surface area contributed by atoms with E-state index in [2.05, 4.69) is 36.4 Å². The van der Waals surface area contributed by atoms with Crippen molar-refractivity contribution in [2.75, 3.05) is 5.94 Å². The minimum Gasteiger partial charge on any atom is -0.470 e. The van der Waals surface area contributed by atoms with Gasteiger partial charge >= 0.3 is 10.2 Å². The first-order chi connectivity index (χ1) is 9.44. The van der Waals surface area contributed by atoms with Gasteiger partial charge < -0.3 is 4.74 Å². The summed E-state index contributed by atoms with van der Waals surface area (Å²) in [6, 6.07) is 0. The summed E-state index contributed by atoms with van der Waals surface area (Å²) in [6.45, 7) is 7.41. The Morgan fingerprint density at radius 2 is 1.95 bits per heavy atom. The first kappa shape index (κ1) is 18.5. The summed E-state index contributed by atoms with van der Waals surface area (Å²) in [5.74, 6) is -0.702. The van der Waals surface area contributed by atoms with Crippen LogP contribution in [0.4, 0.5) is 3.89 Å². The molecule has 0 N–H and O–H groups in total. The van der Waals surface area contributed by atoms with Gasteiger partial charge in [-0.3, -0.25) is 0 Å². The van der Waals surface area contributed by atoms with Crippen LogP contribution in [0.1, 0.15) is 46.0 Å². The highest BCUT2D eigenvalue weighted by Gasteiger charge is 2.17. The summed E-state index contributed by atoms with van der Waals surface area (Å²) in [4.78, 5) is 0. The van der Waals surface area contributed by atoms with Crippen LogP contribution in [-0.4, -0.2) is 14.4 Å². The van der Waals surface area contributed by atoms with Gasteiger partial charge in [0, 0.05) is 5.92 Å². The van der Waals surface area contributed by atoms with Gasteiger partial charge in [-0.25, -0.2) is 0 Å². The molecule has 0 bridgehead atoms. The Labute approximate surface area is 121 Å². The standard InChI is InChI=1S/C15H21FO3S/c1-4-7-9-12-15(19-13-20(16,17)18)14(10-6-3)11-8-5-2/h14H,1,5-6,8,10-11,13H2,2-3H3. The number of ether oxygens (including phenoxy) is 1. The summed E-state index contributed by atoms with van der Waals surface area (Å²) < 4.78 is 38.8. The first-order valence-corrected chi connectivity index (χ1v) is 8.19. The van der Waals surface area contributed by atoms with E-state index in [1.807, 2.05) is 6.92 Å². The molecular weight excluding hydrogens is 279 g/mol. The number of allylic oxidation sites excluding steroid dienone is 1. The smallest absolute Gasteiger partial charge is 0.337 e. The van der Waals surface area contributed by atoms with Gasteiger partial charge in [0.15, 0.2) is 5.76 Å². The number of halogens is 1. The lowest BCUT2D eigenvalue weighted by Crippen LogP contribution is -2.11. The predicted octanol–water partition coefficient (Wildman–Crippen LogP) is 4.00. The summed E-state index contributed by atoms with van der Waals surface area (Å²) >= 11 is 0. The van der Waals surface area contributed by atoms with Crippen LogP contribution in [0.5, 0.6) is 0 Å². The zero-order chi connectivity index (χ0) is 15.4. The molecule has 0 heterocycles. The number of hydrogen-bond donors (Lipinski definition) is 0. The second-order valence-corrected chi connectivity index (χ2v) is 5.66. The summed E-state index contributed by atoms with van der Waals surface area (Å²) in [7, 11) is -4.68. The average Bonchev–Trinajstić information content (AvgIpc) is 2.38. The summed E-state index contributed by atoms with van der Waals surface area (Å²) in [5.41, 5.74) is 10.1. The van der Waals surface area contributed by atoms with Crippen LogP contribution >= 0.6 is 0 Å². The molecular formula is C15H21FO3S. The molecule has 5 heteroatoms. The third-order valence-electron chi connectivity index (χ3n) is 2.61.